The topological polar surface area (TPSA) is 83.9 Å². The third-order valence-electron chi connectivity index (χ3n) is 4.38. The second kappa shape index (κ2) is 7.44. The van der Waals surface area contributed by atoms with E-state index < -0.39 is 16.0 Å². The molecule has 0 spiro atoms. The van der Waals surface area contributed by atoms with Gasteiger partial charge in [0, 0.05) is 12.1 Å². The molecule has 2 aromatic carbocycles. The maximum atomic E-state index is 12.2. The van der Waals surface area contributed by atoms with E-state index in [0.717, 1.165) is 23.1 Å². The van der Waals surface area contributed by atoms with E-state index in [4.69, 9.17) is 4.74 Å². The molecule has 0 aromatic heterocycles. The highest BCUT2D eigenvalue weighted by Gasteiger charge is 2.25. The Morgan fingerprint density at radius 2 is 1.81 bits per heavy atom. The SMILES string of the molecule is CCOc1ccc(-c2ccc3c(c2)C=C(C(=O)O)CCN3S(C)(=O)=O)cc1. The Bertz CT molecular complexity index is 994. The maximum Gasteiger partial charge on any atom is 0.331 e. The monoisotopic (exact) mass is 387 g/mol. The number of sulfonamides is 1. The van der Waals surface area contributed by atoms with Crippen LogP contribution in [0.3, 0.4) is 0 Å². The number of carboxylic acids is 1. The Labute approximate surface area is 158 Å². The van der Waals surface area contributed by atoms with Gasteiger partial charge in [-0.3, -0.25) is 4.31 Å². The van der Waals surface area contributed by atoms with Crippen LogP contribution in [0.1, 0.15) is 18.9 Å². The molecule has 2 aromatic rings. The van der Waals surface area contributed by atoms with E-state index in [1.807, 2.05) is 43.3 Å². The molecular formula is C20H21NO5S. The van der Waals surface area contributed by atoms with Gasteiger partial charge in [-0.25, -0.2) is 13.2 Å². The first-order valence-electron chi connectivity index (χ1n) is 8.58. The van der Waals surface area contributed by atoms with Crippen molar-refractivity contribution in [2.24, 2.45) is 0 Å². The molecule has 0 atom stereocenters. The van der Waals surface area contributed by atoms with Gasteiger partial charge in [-0.1, -0.05) is 18.2 Å². The van der Waals surface area contributed by atoms with Crippen molar-refractivity contribution >= 4 is 27.8 Å². The third-order valence-corrected chi connectivity index (χ3v) is 5.56. The van der Waals surface area contributed by atoms with Crippen molar-refractivity contribution in [2.45, 2.75) is 13.3 Å². The second-order valence-electron chi connectivity index (χ2n) is 6.29. The average molecular weight is 387 g/mol. The van der Waals surface area contributed by atoms with Crippen molar-refractivity contribution < 1.29 is 23.1 Å². The van der Waals surface area contributed by atoms with Crippen molar-refractivity contribution in [3.05, 3.63) is 53.6 Å². The number of hydrogen-bond acceptors (Lipinski definition) is 4. The summed E-state index contributed by atoms with van der Waals surface area (Å²) in [5.74, 6) is -0.268. The first-order valence-corrected chi connectivity index (χ1v) is 10.4. The molecule has 0 aliphatic carbocycles. The summed E-state index contributed by atoms with van der Waals surface area (Å²) in [5.41, 5.74) is 3.05. The minimum absolute atomic E-state index is 0.104. The number of fused-ring (bicyclic) bond motifs is 1. The predicted molar refractivity (Wildman–Crippen MR) is 105 cm³/mol. The van der Waals surface area contributed by atoms with Gasteiger partial charge in [-0.15, -0.1) is 0 Å². The fourth-order valence-electron chi connectivity index (χ4n) is 3.10. The molecule has 0 unspecified atom stereocenters. The first kappa shape index (κ1) is 19.0. The fraction of sp³-hybridized carbons (Fsp3) is 0.250. The van der Waals surface area contributed by atoms with Crippen LogP contribution in [0.15, 0.2) is 48.0 Å². The fourth-order valence-corrected chi connectivity index (χ4v) is 4.05. The molecule has 0 fully saturated rings. The van der Waals surface area contributed by atoms with Gasteiger partial charge in [0.1, 0.15) is 5.75 Å². The van der Waals surface area contributed by atoms with Gasteiger partial charge >= 0.3 is 5.97 Å². The number of carboxylic acid groups (broad SMARTS) is 1. The zero-order chi connectivity index (χ0) is 19.6. The molecule has 0 saturated carbocycles. The number of anilines is 1. The van der Waals surface area contributed by atoms with Crippen LogP contribution in [0.2, 0.25) is 0 Å². The minimum Gasteiger partial charge on any atom is -0.494 e. The van der Waals surface area contributed by atoms with Crippen molar-refractivity contribution in [1.82, 2.24) is 0 Å². The van der Waals surface area contributed by atoms with Crippen molar-refractivity contribution in [3.8, 4) is 16.9 Å². The lowest BCUT2D eigenvalue weighted by molar-refractivity contribution is -0.132. The van der Waals surface area contributed by atoms with Gasteiger partial charge < -0.3 is 9.84 Å². The van der Waals surface area contributed by atoms with E-state index in [1.165, 1.54) is 4.31 Å². The Hall–Kier alpha value is -2.80. The molecule has 0 bridgehead atoms. The number of ether oxygens (including phenoxy) is 1. The highest BCUT2D eigenvalue weighted by molar-refractivity contribution is 7.92. The summed E-state index contributed by atoms with van der Waals surface area (Å²) in [6.45, 7) is 2.61. The summed E-state index contributed by atoms with van der Waals surface area (Å²) in [7, 11) is -3.51. The molecular weight excluding hydrogens is 366 g/mol. The predicted octanol–water partition coefficient (Wildman–Crippen LogP) is 3.39. The van der Waals surface area contributed by atoms with Crippen LogP contribution in [0.25, 0.3) is 17.2 Å². The summed E-state index contributed by atoms with van der Waals surface area (Å²) in [6.07, 6.45) is 2.83. The number of carbonyl (C=O) groups is 1. The Kier molecular flexibility index (Phi) is 5.23. The van der Waals surface area contributed by atoms with E-state index in [-0.39, 0.29) is 18.5 Å². The van der Waals surface area contributed by atoms with Crippen LogP contribution in [-0.2, 0) is 14.8 Å². The van der Waals surface area contributed by atoms with Gasteiger partial charge in [0.25, 0.3) is 0 Å². The second-order valence-corrected chi connectivity index (χ2v) is 8.20. The molecule has 6 nitrogen and oxygen atoms in total. The Balaban J connectivity index is 2.08. The van der Waals surface area contributed by atoms with Gasteiger partial charge in [-0.05, 0) is 60.4 Å². The van der Waals surface area contributed by atoms with Crippen LogP contribution < -0.4 is 9.04 Å². The summed E-state index contributed by atoms with van der Waals surface area (Å²) in [4.78, 5) is 11.5. The van der Waals surface area contributed by atoms with Gasteiger partial charge in [0.05, 0.1) is 18.6 Å². The molecule has 1 aliphatic rings. The minimum atomic E-state index is -3.51. The van der Waals surface area contributed by atoms with Crippen molar-refractivity contribution in [3.63, 3.8) is 0 Å². The van der Waals surface area contributed by atoms with E-state index in [0.29, 0.717) is 17.9 Å². The number of benzene rings is 2. The summed E-state index contributed by atoms with van der Waals surface area (Å²) in [6, 6.07) is 12.9. The molecule has 3 rings (SSSR count). The Morgan fingerprint density at radius 1 is 1.15 bits per heavy atom. The van der Waals surface area contributed by atoms with Gasteiger partial charge in [-0.2, -0.15) is 0 Å². The van der Waals surface area contributed by atoms with E-state index >= 15 is 0 Å². The van der Waals surface area contributed by atoms with E-state index in [1.54, 1.807) is 12.1 Å². The van der Waals surface area contributed by atoms with Gasteiger partial charge in [0.2, 0.25) is 10.0 Å². The quantitative estimate of drug-likeness (QED) is 0.850. The molecule has 1 heterocycles. The molecule has 0 saturated heterocycles. The molecule has 27 heavy (non-hydrogen) atoms. The van der Waals surface area contributed by atoms with Crippen LogP contribution in [0, 0.1) is 0 Å². The van der Waals surface area contributed by atoms with Crippen molar-refractivity contribution in [1.29, 1.82) is 0 Å². The summed E-state index contributed by atoms with van der Waals surface area (Å²) < 4.78 is 31.1. The first-order chi connectivity index (χ1) is 12.8. The highest BCUT2D eigenvalue weighted by Crippen LogP contribution is 2.34. The largest absolute Gasteiger partial charge is 0.494 e. The lowest BCUT2D eigenvalue weighted by Gasteiger charge is -2.22. The zero-order valence-electron chi connectivity index (χ0n) is 15.2. The summed E-state index contributed by atoms with van der Waals surface area (Å²) >= 11 is 0. The standard InChI is InChI=1S/C20H21NO5S/c1-3-26-18-7-4-14(5-8-18)15-6-9-19-17(12-15)13-16(20(22)23)10-11-21(19)27(2,24)25/h4-9,12-13H,3,10-11H2,1-2H3,(H,22,23). The number of hydrogen-bond donors (Lipinski definition) is 1. The van der Waals surface area contributed by atoms with Crippen LogP contribution in [0.4, 0.5) is 5.69 Å². The lowest BCUT2D eigenvalue weighted by Crippen LogP contribution is -2.31. The average Bonchev–Trinajstić information content (AvgIpc) is 2.81. The highest BCUT2D eigenvalue weighted by atomic mass is 32.2. The summed E-state index contributed by atoms with van der Waals surface area (Å²) in [5, 5.41) is 9.40. The lowest BCUT2D eigenvalue weighted by atomic mass is 10.0. The number of nitrogens with zero attached hydrogens (tertiary/aromatic N) is 1. The molecule has 0 radical (unpaired) electrons. The third kappa shape index (κ3) is 4.14. The zero-order valence-corrected chi connectivity index (χ0v) is 16.0. The Morgan fingerprint density at radius 3 is 2.41 bits per heavy atom. The molecule has 142 valence electrons. The van der Waals surface area contributed by atoms with Gasteiger partial charge in [0.15, 0.2) is 0 Å². The smallest absolute Gasteiger partial charge is 0.331 e. The molecule has 1 aliphatic heterocycles. The number of rotatable bonds is 5. The molecule has 7 heteroatoms. The maximum absolute atomic E-state index is 12.2. The van der Waals surface area contributed by atoms with Crippen LogP contribution in [-0.4, -0.2) is 38.9 Å². The van der Waals surface area contributed by atoms with E-state index in [2.05, 4.69) is 0 Å². The van der Waals surface area contributed by atoms with Crippen molar-refractivity contribution in [2.75, 3.05) is 23.7 Å². The molecule has 0 amide bonds. The normalized spacial score (nSPS) is 14.1. The van der Waals surface area contributed by atoms with E-state index in [9.17, 15) is 18.3 Å². The van der Waals surface area contributed by atoms with Crippen LogP contribution >= 0.6 is 0 Å². The number of aliphatic carboxylic acids is 1. The molecule has 1 N–H and O–H groups in total. The van der Waals surface area contributed by atoms with Crippen LogP contribution in [0.5, 0.6) is 5.75 Å².